The lowest BCUT2D eigenvalue weighted by Crippen LogP contribution is -2.21. The van der Waals surface area contributed by atoms with Crippen LogP contribution in [0.4, 0.5) is 0 Å². The average Bonchev–Trinajstić information content (AvgIpc) is 2.92. The monoisotopic (exact) mass is 335 g/mol. The molecule has 134 valence electrons. The molecule has 0 amide bonds. The third kappa shape index (κ3) is 8.20. The second-order valence-corrected chi connectivity index (χ2v) is 6.31. The smallest absolute Gasteiger partial charge is 0.303 e. The largest absolute Gasteiger partial charge is 0.481 e. The molecule has 2 N–H and O–H groups in total. The van der Waals surface area contributed by atoms with E-state index in [0.717, 1.165) is 12.8 Å². The molecule has 1 aliphatic rings. The molecule has 0 fully saturated rings. The number of aliphatic carboxylic acids is 1. The van der Waals surface area contributed by atoms with Gasteiger partial charge in [-0.2, -0.15) is 0 Å². The van der Waals surface area contributed by atoms with Crippen LogP contribution >= 0.6 is 0 Å². The molecule has 0 saturated carbocycles. The number of ketones is 1. The van der Waals surface area contributed by atoms with Crippen LogP contribution in [-0.2, 0) is 9.59 Å². The number of carbonyl (C=O) groups excluding carboxylic acids is 1. The number of nitrogens with zero attached hydrogens (tertiary/aromatic N) is 1. The lowest BCUT2D eigenvalue weighted by molar-refractivity contribution is -0.137. The fourth-order valence-corrected chi connectivity index (χ4v) is 2.61. The van der Waals surface area contributed by atoms with Crippen molar-refractivity contribution in [3.8, 4) is 0 Å². The van der Waals surface area contributed by atoms with Crippen molar-refractivity contribution >= 4 is 18.0 Å². The van der Waals surface area contributed by atoms with Crippen LogP contribution in [0.2, 0.25) is 0 Å². The van der Waals surface area contributed by atoms with Crippen molar-refractivity contribution in [2.45, 2.75) is 76.9 Å². The Balaban J connectivity index is 2.29. The molecule has 1 heterocycles. The molecule has 1 atom stereocenters. The van der Waals surface area contributed by atoms with Gasteiger partial charge in [0.05, 0.1) is 0 Å². The number of rotatable bonds is 13. The van der Waals surface area contributed by atoms with E-state index in [1.165, 1.54) is 50.5 Å². The molecule has 0 radical (unpaired) electrons. The summed E-state index contributed by atoms with van der Waals surface area (Å²) in [5.41, 5.74) is -1.07. The molecule has 0 aromatic rings. The predicted octanol–water partition coefficient (Wildman–Crippen LogP) is 3.82. The maximum atomic E-state index is 12.0. The van der Waals surface area contributed by atoms with Gasteiger partial charge in [-0.25, -0.2) is 0 Å². The van der Waals surface area contributed by atoms with E-state index in [-0.39, 0.29) is 18.6 Å². The van der Waals surface area contributed by atoms with Crippen molar-refractivity contribution < 1.29 is 19.8 Å². The van der Waals surface area contributed by atoms with E-state index in [1.807, 2.05) is 6.08 Å². The molecule has 0 aromatic heterocycles. The summed E-state index contributed by atoms with van der Waals surface area (Å²) < 4.78 is 0. The summed E-state index contributed by atoms with van der Waals surface area (Å²) in [4.78, 5) is 26.5. The third-order valence-electron chi connectivity index (χ3n) is 4.03. The molecule has 0 bridgehead atoms. The van der Waals surface area contributed by atoms with Gasteiger partial charge < -0.3 is 10.2 Å². The number of carbonyl (C=O) groups is 2. The minimum Gasteiger partial charge on any atom is -0.481 e. The Kier molecular flexibility index (Phi) is 9.23. The van der Waals surface area contributed by atoms with Gasteiger partial charge in [0.25, 0.3) is 0 Å². The Labute approximate surface area is 144 Å². The molecule has 0 saturated heterocycles. The summed E-state index contributed by atoms with van der Waals surface area (Å²) in [6.07, 6.45) is 14.9. The Morgan fingerprint density at radius 2 is 1.88 bits per heavy atom. The standard InChI is InChI=1S/C19H29NO4/c1-2-3-4-5-6-7-8-9-11-17(21)16-14-19(24,20-15-16)13-10-12-18(22)23/h9,11,14-15,24H,2-8,10,12-13H2,1H3,(H,22,23). The lowest BCUT2D eigenvalue weighted by atomic mass is 10.0. The average molecular weight is 335 g/mol. The summed E-state index contributed by atoms with van der Waals surface area (Å²) >= 11 is 0. The predicted molar refractivity (Wildman–Crippen MR) is 95.2 cm³/mol. The van der Waals surface area contributed by atoms with Crippen molar-refractivity contribution in [1.82, 2.24) is 0 Å². The van der Waals surface area contributed by atoms with E-state index in [1.54, 1.807) is 0 Å². The Bertz CT molecular complexity index is 507. The van der Waals surface area contributed by atoms with Crippen molar-refractivity contribution in [3.63, 3.8) is 0 Å². The summed E-state index contributed by atoms with van der Waals surface area (Å²) in [7, 11) is 0. The first-order valence-electron chi connectivity index (χ1n) is 8.90. The van der Waals surface area contributed by atoms with Gasteiger partial charge in [-0.3, -0.25) is 14.6 Å². The summed E-state index contributed by atoms with van der Waals surface area (Å²) in [6.45, 7) is 2.20. The van der Waals surface area contributed by atoms with E-state index in [9.17, 15) is 14.7 Å². The van der Waals surface area contributed by atoms with Gasteiger partial charge in [0, 0.05) is 24.6 Å². The summed E-state index contributed by atoms with van der Waals surface area (Å²) in [6, 6.07) is 0. The van der Waals surface area contributed by atoms with Gasteiger partial charge in [0.15, 0.2) is 11.5 Å². The first-order valence-corrected chi connectivity index (χ1v) is 8.90. The molecule has 0 aromatic carbocycles. The normalized spacial score (nSPS) is 19.8. The zero-order chi connectivity index (χ0) is 17.8. The Morgan fingerprint density at radius 1 is 1.17 bits per heavy atom. The van der Waals surface area contributed by atoms with E-state index in [4.69, 9.17) is 5.11 Å². The quantitative estimate of drug-likeness (QED) is 0.396. The second-order valence-electron chi connectivity index (χ2n) is 6.31. The number of hydrogen-bond acceptors (Lipinski definition) is 4. The number of hydrogen-bond donors (Lipinski definition) is 2. The molecule has 1 aliphatic heterocycles. The minimum absolute atomic E-state index is 0.0207. The molecular formula is C19H29NO4. The first kappa shape index (κ1) is 20.3. The number of aliphatic hydroxyl groups is 1. The molecule has 0 aliphatic carbocycles. The minimum atomic E-state index is -1.44. The second kappa shape index (κ2) is 10.9. The fourth-order valence-electron chi connectivity index (χ4n) is 2.61. The van der Waals surface area contributed by atoms with Gasteiger partial charge >= 0.3 is 5.97 Å². The number of carboxylic acid groups (broad SMARTS) is 1. The highest BCUT2D eigenvalue weighted by molar-refractivity contribution is 6.19. The molecular weight excluding hydrogens is 306 g/mol. The molecule has 24 heavy (non-hydrogen) atoms. The zero-order valence-electron chi connectivity index (χ0n) is 14.5. The van der Waals surface area contributed by atoms with Gasteiger partial charge in [-0.15, -0.1) is 0 Å². The van der Waals surface area contributed by atoms with Crippen LogP contribution in [0.1, 0.15) is 71.1 Å². The van der Waals surface area contributed by atoms with Crippen LogP contribution < -0.4 is 0 Å². The Hall–Kier alpha value is -1.75. The van der Waals surface area contributed by atoms with Gasteiger partial charge in [0.2, 0.25) is 0 Å². The van der Waals surface area contributed by atoms with Crippen molar-refractivity contribution in [2.75, 3.05) is 0 Å². The number of unbranched alkanes of at least 4 members (excludes halogenated alkanes) is 6. The number of allylic oxidation sites excluding steroid dienone is 3. The third-order valence-corrected chi connectivity index (χ3v) is 4.03. The van der Waals surface area contributed by atoms with Crippen LogP contribution in [-0.4, -0.2) is 33.9 Å². The highest BCUT2D eigenvalue weighted by Crippen LogP contribution is 2.24. The van der Waals surface area contributed by atoms with Crippen LogP contribution in [0.25, 0.3) is 0 Å². The van der Waals surface area contributed by atoms with Crippen molar-refractivity contribution in [2.24, 2.45) is 4.99 Å². The van der Waals surface area contributed by atoms with E-state index >= 15 is 0 Å². The van der Waals surface area contributed by atoms with Crippen molar-refractivity contribution in [3.05, 3.63) is 23.8 Å². The Morgan fingerprint density at radius 3 is 2.58 bits per heavy atom. The number of aliphatic imine (C=N–C) groups is 1. The van der Waals surface area contributed by atoms with E-state index < -0.39 is 11.7 Å². The van der Waals surface area contributed by atoms with Gasteiger partial charge in [-0.05, 0) is 31.4 Å². The van der Waals surface area contributed by atoms with Gasteiger partial charge in [-0.1, -0.05) is 45.1 Å². The zero-order valence-corrected chi connectivity index (χ0v) is 14.5. The molecule has 5 nitrogen and oxygen atoms in total. The first-order chi connectivity index (χ1) is 11.5. The molecule has 1 unspecified atom stereocenters. The molecule has 0 spiro atoms. The maximum absolute atomic E-state index is 12.0. The van der Waals surface area contributed by atoms with Crippen LogP contribution in [0.5, 0.6) is 0 Å². The van der Waals surface area contributed by atoms with Gasteiger partial charge in [0.1, 0.15) is 0 Å². The number of carboxylic acids is 1. The fraction of sp³-hybridized carbons (Fsp3) is 0.632. The topological polar surface area (TPSA) is 87.0 Å². The van der Waals surface area contributed by atoms with Crippen LogP contribution in [0.3, 0.4) is 0 Å². The van der Waals surface area contributed by atoms with Crippen molar-refractivity contribution in [1.29, 1.82) is 0 Å². The van der Waals surface area contributed by atoms with Crippen LogP contribution in [0.15, 0.2) is 28.8 Å². The highest BCUT2D eigenvalue weighted by Gasteiger charge is 2.28. The SMILES string of the molecule is CCCCCCCCC=CC(=O)C1=CC(O)(CCCC(=O)O)N=C1. The highest BCUT2D eigenvalue weighted by atomic mass is 16.4. The summed E-state index contributed by atoms with van der Waals surface area (Å²) in [5.74, 6) is -1.07. The van der Waals surface area contributed by atoms with E-state index in [2.05, 4.69) is 11.9 Å². The van der Waals surface area contributed by atoms with E-state index in [0.29, 0.717) is 12.0 Å². The van der Waals surface area contributed by atoms with Crippen LogP contribution in [0, 0.1) is 0 Å². The summed E-state index contributed by atoms with van der Waals surface area (Å²) in [5, 5.41) is 18.8. The maximum Gasteiger partial charge on any atom is 0.303 e. The molecule has 1 rings (SSSR count). The molecule has 5 heteroatoms. The lowest BCUT2D eigenvalue weighted by Gasteiger charge is -2.15.